The van der Waals surface area contributed by atoms with Gasteiger partial charge in [-0.05, 0) is 72.8 Å². The molecule has 0 atom stereocenters. The maximum Gasteiger partial charge on any atom is 0.231 e. The van der Waals surface area contributed by atoms with Gasteiger partial charge in [0.1, 0.15) is 0 Å². The van der Waals surface area contributed by atoms with Crippen molar-refractivity contribution in [2.24, 2.45) is 21.7 Å². The molecule has 0 rings (SSSR count). The Kier molecular flexibility index (Phi) is 8.50. The summed E-state index contributed by atoms with van der Waals surface area (Å²) in [4.78, 5) is 0. The minimum Gasteiger partial charge on any atom is -0.298 e. The zero-order valence-electron chi connectivity index (χ0n) is 20.6. The summed E-state index contributed by atoms with van der Waals surface area (Å²) >= 11 is 0. The van der Waals surface area contributed by atoms with Crippen molar-refractivity contribution in [1.29, 1.82) is 0 Å². The van der Waals surface area contributed by atoms with Gasteiger partial charge in [-0.1, -0.05) is 69.2 Å². The SMILES string of the molecule is CC(C)(C)CC(C)(C)C[Si](C)(C)OO[Si](C)(C)CC(C)(C)CC(C)(C)C. The van der Waals surface area contributed by atoms with E-state index in [2.05, 4.69) is 95.4 Å². The molecule has 0 aliphatic rings. The van der Waals surface area contributed by atoms with Crippen molar-refractivity contribution in [3.05, 3.63) is 0 Å². The van der Waals surface area contributed by atoms with Crippen LogP contribution in [0.4, 0.5) is 0 Å². The molecule has 158 valence electrons. The molecule has 4 heteroatoms. The van der Waals surface area contributed by atoms with Crippen LogP contribution in [0.1, 0.15) is 82.1 Å². The molecule has 0 radical (unpaired) electrons. The van der Waals surface area contributed by atoms with Crippen molar-refractivity contribution in [3.8, 4) is 0 Å². The third kappa shape index (κ3) is 13.5. The molecule has 0 aliphatic heterocycles. The number of rotatable bonds is 9. The fourth-order valence-corrected chi connectivity index (χ4v) is 12.4. The summed E-state index contributed by atoms with van der Waals surface area (Å²) in [6, 6.07) is 2.26. The quantitative estimate of drug-likeness (QED) is 0.219. The monoisotopic (exact) mass is 402 g/mol. The summed E-state index contributed by atoms with van der Waals surface area (Å²) < 4.78 is 12.4. The molecule has 0 saturated heterocycles. The summed E-state index contributed by atoms with van der Waals surface area (Å²) in [5, 5.41) is 0. The zero-order valence-corrected chi connectivity index (χ0v) is 22.6. The van der Waals surface area contributed by atoms with E-state index in [-0.39, 0.29) is 10.8 Å². The highest BCUT2D eigenvalue weighted by Crippen LogP contribution is 2.42. The maximum absolute atomic E-state index is 6.22. The molecular weight excluding hydrogens is 352 g/mol. The van der Waals surface area contributed by atoms with Crippen LogP contribution >= 0.6 is 0 Å². The molecule has 0 fully saturated rings. The van der Waals surface area contributed by atoms with Crippen molar-refractivity contribution in [3.63, 3.8) is 0 Å². The second-order valence-corrected chi connectivity index (χ2v) is 21.9. The first-order valence-corrected chi connectivity index (χ1v) is 16.6. The Morgan fingerprint density at radius 2 is 0.731 bits per heavy atom. The van der Waals surface area contributed by atoms with Gasteiger partial charge in [-0.25, -0.2) is 0 Å². The Labute approximate surface area is 168 Å². The van der Waals surface area contributed by atoms with Crippen LogP contribution in [0.25, 0.3) is 0 Å². The van der Waals surface area contributed by atoms with Gasteiger partial charge in [0.25, 0.3) is 0 Å². The minimum absolute atomic E-state index is 0.286. The average molecular weight is 403 g/mol. The predicted octanol–water partition coefficient (Wildman–Crippen LogP) is 8.27. The van der Waals surface area contributed by atoms with Crippen molar-refractivity contribution in [2.45, 2.75) is 120 Å². The lowest BCUT2D eigenvalue weighted by Gasteiger charge is -2.40. The van der Waals surface area contributed by atoms with Crippen molar-refractivity contribution >= 4 is 16.6 Å². The van der Waals surface area contributed by atoms with E-state index < -0.39 is 16.6 Å². The highest BCUT2D eigenvalue weighted by atomic mass is 28.4. The largest absolute Gasteiger partial charge is 0.298 e. The Balaban J connectivity index is 4.82. The van der Waals surface area contributed by atoms with Gasteiger partial charge in [-0.2, -0.15) is 0 Å². The molecule has 0 aromatic heterocycles. The highest BCUT2D eigenvalue weighted by Gasteiger charge is 2.40. The normalized spacial score (nSPS) is 15.5. The van der Waals surface area contributed by atoms with Gasteiger partial charge in [0.2, 0.25) is 16.6 Å². The highest BCUT2D eigenvalue weighted by molar-refractivity contribution is 6.74. The van der Waals surface area contributed by atoms with E-state index in [4.69, 9.17) is 9.15 Å². The molecular formula is C22H50O2Si2. The second-order valence-electron chi connectivity index (χ2n) is 13.8. The van der Waals surface area contributed by atoms with Crippen LogP contribution in [0, 0.1) is 21.7 Å². The van der Waals surface area contributed by atoms with Crippen LogP contribution in [-0.2, 0) is 9.15 Å². The molecule has 26 heavy (non-hydrogen) atoms. The molecule has 2 nitrogen and oxygen atoms in total. The topological polar surface area (TPSA) is 18.5 Å². The van der Waals surface area contributed by atoms with Gasteiger partial charge in [0.15, 0.2) is 0 Å². The minimum atomic E-state index is -1.86. The van der Waals surface area contributed by atoms with Crippen LogP contribution < -0.4 is 0 Å². The smallest absolute Gasteiger partial charge is 0.231 e. The van der Waals surface area contributed by atoms with Crippen molar-refractivity contribution in [1.82, 2.24) is 0 Å². The first-order valence-electron chi connectivity index (χ1n) is 10.4. The van der Waals surface area contributed by atoms with Gasteiger partial charge in [-0.15, -0.1) is 0 Å². The van der Waals surface area contributed by atoms with E-state index in [0.29, 0.717) is 10.8 Å². The van der Waals surface area contributed by atoms with Crippen LogP contribution in [0.15, 0.2) is 0 Å². The van der Waals surface area contributed by atoms with E-state index in [1.807, 2.05) is 0 Å². The molecule has 0 saturated carbocycles. The lowest BCUT2D eigenvalue weighted by atomic mass is 9.77. The van der Waals surface area contributed by atoms with Gasteiger partial charge in [0, 0.05) is 0 Å². The van der Waals surface area contributed by atoms with Gasteiger partial charge in [-0.3, -0.25) is 9.15 Å². The summed E-state index contributed by atoms with van der Waals surface area (Å²) in [7, 11) is -3.72. The second kappa shape index (κ2) is 8.38. The summed E-state index contributed by atoms with van der Waals surface area (Å²) in [5.41, 5.74) is 1.27. The van der Waals surface area contributed by atoms with E-state index >= 15 is 0 Å². The zero-order chi connectivity index (χ0) is 21.2. The maximum atomic E-state index is 6.22. The molecule has 0 spiro atoms. The lowest BCUT2D eigenvalue weighted by Crippen LogP contribution is -2.44. The molecule has 0 aliphatic carbocycles. The van der Waals surface area contributed by atoms with Crippen molar-refractivity contribution < 1.29 is 9.15 Å². The Morgan fingerprint density at radius 3 is 0.923 bits per heavy atom. The molecule has 0 aromatic carbocycles. The van der Waals surface area contributed by atoms with Gasteiger partial charge < -0.3 is 0 Å². The van der Waals surface area contributed by atoms with E-state index in [9.17, 15) is 0 Å². The Bertz CT molecular complexity index is 396. The number of hydrogen-bond acceptors (Lipinski definition) is 2. The van der Waals surface area contributed by atoms with Crippen LogP contribution in [-0.4, -0.2) is 16.6 Å². The van der Waals surface area contributed by atoms with E-state index in [0.717, 1.165) is 12.1 Å². The lowest BCUT2D eigenvalue weighted by molar-refractivity contribution is -0.128. The van der Waals surface area contributed by atoms with Crippen LogP contribution in [0.5, 0.6) is 0 Å². The van der Waals surface area contributed by atoms with Gasteiger partial charge >= 0.3 is 0 Å². The van der Waals surface area contributed by atoms with Gasteiger partial charge in [0.05, 0.1) is 0 Å². The molecule has 0 heterocycles. The summed E-state index contributed by atoms with van der Waals surface area (Å²) in [6.07, 6.45) is 2.42. The van der Waals surface area contributed by atoms with Crippen LogP contribution in [0.3, 0.4) is 0 Å². The van der Waals surface area contributed by atoms with E-state index in [1.165, 1.54) is 12.8 Å². The molecule has 0 N–H and O–H groups in total. The number of hydrogen-bond donors (Lipinski definition) is 0. The Hall–Kier alpha value is 0.354. The first-order chi connectivity index (χ1) is 11.0. The first kappa shape index (κ1) is 26.4. The molecule has 0 amide bonds. The summed E-state index contributed by atoms with van der Waals surface area (Å²) in [5.74, 6) is 0. The third-order valence-electron chi connectivity index (χ3n) is 4.32. The predicted molar refractivity (Wildman–Crippen MR) is 122 cm³/mol. The molecule has 0 unspecified atom stereocenters. The molecule has 0 aromatic rings. The average Bonchev–Trinajstić information content (AvgIpc) is 2.15. The third-order valence-corrected chi connectivity index (χ3v) is 9.17. The summed E-state index contributed by atoms with van der Waals surface area (Å²) in [6.45, 7) is 32.7. The molecule has 0 bridgehead atoms. The fraction of sp³-hybridized carbons (Fsp3) is 1.00. The fourth-order valence-electron chi connectivity index (χ4n) is 5.59. The van der Waals surface area contributed by atoms with E-state index in [1.54, 1.807) is 0 Å². The Morgan fingerprint density at radius 1 is 0.500 bits per heavy atom. The van der Waals surface area contributed by atoms with Crippen LogP contribution in [0.2, 0.25) is 38.3 Å². The van der Waals surface area contributed by atoms with Crippen molar-refractivity contribution in [2.75, 3.05) is 0 Å². The standard InChI is InChI=1S/C22H50O2Si2/c1-19(2,3)15-21(7,8)17-25(11,12)23-24-26(13,14)18-22(9,10)16-20(4,5)6/h15-18H2,1-14H3.